The molecule has 0 heterocycles. The van der Waals surface area contributed by atoms with E-state index in [1.165, 1.54) is 48.5 Å². The Hall–Kier alpha value is -11.0. The zero-order valence-corrected chi connectivity index (χ0v) is 41.6. The van der Waals surface area contributed by atoms with Crippen LogP contribution in [-0.2, 0) is 39.9 Å². The minimum Gasteiger partial charge on any atom is -0.462 e. The van der Waals surface area contributed by atoms with Crippen LogP contribution in [0.3, 0.4) is 0 Å². The SMILES string of the molecule is C=CC(=O)Oc1ccc(C(=O)Oc2ccc(OC(=O)c3ccc(OC(=O)C=C)c(OC(=O)C=C)c3)cc2)cc1OC(=O)C=C.C=CC(=O)Oc1ccc(CCOC(=O)c2ccc(-c3ccc(OC(=O)C(=C)C)cc3)cc2)cc1. The van der Waals surface area contributed by atoms with Crippen molar-refractivity contribution in [3.05, 3.63) is 231 Å². The van der Waals surface area contributed by atoms with Crippen LogP contribution < -0.4 is 37.9 Å². The number of rotatable bonds is 21. The maximum absolute atomic E-state index is 12.7. The van der Waals surface area contributed by atoms with Gasteiger partial charge in [-0.1, -0.05) is 75.9 Å². The molecule has 0 unspecified atom stereocenters. The van der Waals surface area contributed by atoms with Crippen LogP contribution in [0, 0.1) is 0 Å². The largest absolute Gasteiger partial charge is 0.462 e. The molecular formula is C60H46O18. The molecule has 394 valence electrons. The number of hydrogen-bond acceptors (Lipinski definition) is 18. The van der Waals surface area contributed by atoms with E-state index in [0.29, 0.717) is 29.1 Å². The maximum atomic E-state index is 12.7. The van der Waals surface area contributed by atoms with E-state index >= 15 is 0 Å². The predicted octanol–water partition coefficient (Wildman–Crippen LogP) is 9.82. The normalized spacial score (nSPS) is 9.96. The smallest absolute Gasteiger partial charge is 0.343 e. The molecule has 0 spiro atoms. The van der Waals surface area contributed by atoms with Gasteiger partial charge in [0.25, 0.3) is 0 Å². The number of benzene rings is 6. The molecule has 0 aliphatic heterocycles. The standard InChI is InChI=1S/C32H22O12.C28H24O6/c1-5-27(33)41-23-15-9-19(17-25(23)43-29(35)7-3)31(37)39-21-11-13-22(14-12-21)40-32(38)20-10-16-24(42-28(34)6-2)26(18-20)44-30(36)8-4;1-4-26(29)33-24-13-5-20(6-14-24)17-18-32-28(31)23-9-7-21(8-10-23)22-11-15-25(16-12-22)34-27(30)19(2)3/h5-18H,1-4H2;4-16H,1-2,17-18H2,3H3. The second kappa shape index (κ2) is 28.4. The van der Waals surface area contributed by atoms with Crippen LogP contribution in [0.2, 0.25) is 0 Å². The van der Waals surface area contributed by atoms with E-state index in [9.17, 15) is 43.2 Å². The molecule has 0 amide bonds. The lowest BCUT2D eigenvalue weighted by Crippen LogP contribution is -2.12. The molecule has 0 aliphatic carbocycles. The molecule has 0 aliphatic rings. The van der Waals surface area contributed by atoms with Gasteiger partial charge in [0.2, 0.25) is 0 Å². The van der Waals surface area contributed by atoms with Gasteiger partial charge in [0, 0.05) is 42.4 Å². The first-order valence-corrected chi connectivity index (χ1v) is 22.8. The van der Waals surface area contributed by atoms with Crippen LogP contribution in [0.1, 0.15) is 43.6 Å². The van der Waals surface area contributed by atoms with E-state index in [-0.39, 0.29) is 52.2 Å². The van der Waals surface area contributed by atoms with Gasteiger partial charge in [0.15, 0.2) is 23.0 Å². The summed E-state index contributed by atoms with van der Waals surface area (Å²) >= 11 is 0. The number of carbonyl (C=O) groups is 9. The number of ether oxygens (including phenoxy) is 9. The first-order valence-electron chi connectivity index (χ1n) is 22.8. The van der Waals surface area contributed by atoms with Crippen molar-refractivity contribution in [3.8, 4) is 57.1 Å². The number of esters is 9. The van der Waals surface area contributed by atoms with Crippen molar-refractivity contribution in [1.29, 1.82) is 0 Å². The maximum Gasteiger partial charge on any atom is 0.343 e. The van der Waals surface area contributed by atoms with E-state index in [2.05, 4.69) is 39.5 Å². The van der Waals surface area contributed by atoms with Crippen LogP contribution >= 0.6 is 0 Å². The van der Waals surface area contributed by atoms with Gasteiger partial charge in [-0.2, -0.15) is 0 Å². The molecule has 0 atom stereocenters. The molecule has 18 heteroatoms. The van der Waals surface area contributed by atoms with Crippen LogP contribution in [0.15, 0.2) is 209 Å². The molecule has 0 radical (unpaired) electrons. The molecule has 0 bridgehead atoms. The summed E-state index contributed by atoms with van der Waals surface area (Å²) in [5, 5.41) is 0. The Morgan fingerprint density at radius 1 is 0.372 bits per heavy atom. The zero-order chi connectivity index (χ0) is 56.7. The fourth-order valence-corrected chi connectivity index (χ4v) is 6.04. The van der Waals surface area contributed by atoms with Crippen molar-refractivity contribution in [2.75, 3.05) is 6.61 Å². The second-order valence-electron chi connectivity index (χ2n) is 15.5. The van der Waals surface area contributed by atoms with E-state index in [1.54, 1.807) is 55.5 Å². The topological polar surface area (TPSA) is 237 Å². The molecule has 6 aromatic rings. The summed E-state index contributed by atoms with van der Waals surface area (Å²) in [6, 6.07) is 33.7. The van der Waals surface area contributed by atoms with Gasteiger partial charge in [0.05, 0.1) is 23.3 Å². The van der Waals surface area contributed by atoms with E-state index < -0.39 is 53.7 Å². The highest BCUT2D eigenvalue weighted by Gasteiger charge is 2.20. The molecule has 6 rings (SSSR count). The molecule has 6 aromatic carbocycles. The third-order valence-corrected chi connectivity index (χ3v) is 9.91. The zero-order valence-electron chi connectivity index (χ0n) is 41.6. The molecule has 0 aromatic heterocycles. The van der Waals surface area contributed by atoms with Gasteiger partial charge in [-0.25, -0.2) is 43.2 Å². The third kappa shape index (κ3) is 17.6. The number of hydrogen-bond donors (Lipinski definition) is 0. The summed E-state index contributed by atoms with van der Waals surface area (Å²) in [5.74, 6) is -6.27. The monoisotopic (exact) mass is 1050 g/mol. The van der Waals surface area contributed by atoms with Crippen LogP contribution in [0.4, 0.5) is 0 Å². The lowest BCUT2D eigenvalue weighted by molar-refractivity contribution is -0.131. The van der Waals surface area contributed by atoms with Gasteiger partial charge in [-0.3, -0.25) is 0 Å². The minimum absolute atomic E-state index is 0.0547. The van der Waals surface area contributed by atoms with Gasteiger partial charge < -0.3 is 42.6 Å². The lowest BCUT2D eigenvalue weighted by Gasteiger charge is -2.11. The Balaban J connectivity index is 0.000000297. The first kappa shape index (κ1) is 57.9. The van der Waals surface area contributed by atoms with Crippen molar-refractivity contribution in [2.24, 2.45) is 0 Å². The molecule has 0 fully saturated rings. The second-order valence-corrected chi connectivity index (χ2v) is 15.5. The Bertz CT molecular complexity index is 3190. The summed E-state index contributed by atoms with van der Waals surface area (Å²) < 4.78 is 46.4. The Morgan fingerprint density at radius 2 is 0.705 bits per heavy atom. The molecule has 0 N–H and O–H groups in total. The summed E-state index contributed by atoms with van der Waals surface area (Å²) in [7, 11) is 0. The van der Waals surface area contributed by atoms with Gasteiger partial charge in [0.1, 0.15) is 23.0 Å². The third-order valence-electron chi connectivity index (χ3n) is 9.91. The van der Waals surface area contributed by atoms with Crippen LogP contribution in [-0.4, -0.2) is 60.3 Å². The van der Waals surface area contributed by atoms with Crippen molar-refractivity contribution >= 4 is 53.7 Å². The first-order chi connectivity index (χ1) is 37.4. The average molecular weight is 1060 g/mol. The van der Waals surface area contributed by atoms with Crippen molar-refractivity contribution in [3.63, 3.8) is 0 Å². The van der Waals surface area contributed by atoms with Crippen molar-refractivity contribution in [2.45, 2.75) is 13.3 Å². The molecule has 18 nitrogen and oxygen atoms in total. The Labute approximate surface area is 446 Å². The summed E-state index contributed by atoms with van der Waals surface area (Å²) in [4.78, 5) is 107. The van der Waals surface area contributed by atoms with Crippen molar-refractivity contribution < 1.29 is 85.8 Å². The summed E-state index contributed by atoms with van der Waals surface area (Å²) in [5.41, 5.74) is 3.43. The van der Waals surface area contributed by atoms with E-state index in [4.69, 9.17) is 42.6 Å². The number of carbonyl (C=O) groups excluding carboxylic acids is 9. The van der Waals surface area contributed by atoms with Crippen LogP contribution in [0.5, 0.6) is 46.0 Å². The lowest BCUT2D eigenvalue weighted by atomic mass is 10.0. The Morgan fingerprint density at radius 3 is 1.12 bits per heavy atom. The molecule has 78 heavy (non-hydrogen) atoms. The fraction of sp³-hybridized carbons (Fsp3) is 0.0500. The highest BCUT2D eigenvalue weighted by Crippen LogP contribution is 2.32. The molecule has 0 saturated heterocycles. The van der Waals surface area contributed by atoms with Gasteiger partial charge in [-0.05, 0) is 121 Å². The highest BCUT2D eigenvalue weighted by atomic mass is 16.6. The highest BCUT2D eigenvalue weighted by molar-refractivity contribution is 5.95. The van der Waals surface area contributed by atoms with Crippen molar-refractivity contribution in [1.82, 2.24) is 0 Å². The quantitative estimate of drug-likeness (QED) is 0.0370. The molecule has 0 saturated carbocycles. The fourth-order valence-electron chi connectivity index (χ4n) is 6.04. The Kier molecular flexibility index (Phi) is 21.1. The van der Waals surface area contributed by atoms with Gasteiger partial charge in [-0.15, -0.1) is 0 Å². The average Bonchev–Trinajstić information content (AvgIpc) is 3.44. The van der Waals surface area contributed by atoms with Crippen LogP contribution in [0.25, 0.3) is 11.1 Å². The predicted molar refractivity (Wildman–Crippen MR) is 281 cm³/mol. The van der Waals surface area contributed by atoms with Gasteiger partial charge >= 0.3 is 53.7 Å². The van der Waals surface area contributed by atoms with E-state index in [0.717, 1.165) is 59.2 Å². The van der Waals surface area contributed by atoms with E-state index in [1.807, 2.05) is 24.3 Å². The molecular weight excluding hydrogens is 1010 g/mol. The summed E-state index contributed by atoms with van der Waals surface area (Å²) in [6.07, 6.45) is 5.19. The minimum atomic E-state index is -0.863. The summed E-state index contributed by atoms with van der Waals surface area (Å²) in [6.45, 7) is 21.9.